The molecule has 35 heavy (non-hydrogen) atoms. The molecule has 0 aromatic heterocycles. The van der Waals surface area contributed by atoms with Crippen molar-refractivity contribution in [2.75, 3.05) is 48.2 Å². The molecule has 8 nitrogen and oxygen atoms in total. The van der Waals surface area contributed by atoms with E-state index < -0.39 is 16.1 Å². The summed E-state index contributed by atoms with van der Waals surface area (Å²) in [5, 5.41) is 12.5. The molecule has 0 spiro atoms. The van der Waals surface area contributed by atoms with Crippen LogP contribution in [-0.4, -0.2) is 57.6 Å². The highest BCUT2D eigenvalue weighted by molar-refractivity contribution is 7.92. The van der Waals surface area contributed by atoms with E-state index in [1.165, 1.54) is 12.1 Å². The van der Waals surface area contributed by atoms with Crippen molar-refractivity contribution in [2.24, 2.45) is 0 Å². The monoisotopic (exact) mass is 494 g/mol. The Kier molecular flexibility index (Phi) is 7.39. The first-order valence-electron chi connectivity index (χ1n) is 11.5. The molecule has 1 fully saturated rings. The summed E-state index contributed by atoms with van der Waals surface area (Å²) in [6.07, 6.45) is -0.673. The van der Waals surface area contributed by atoms with Crippen LogP contribution < -0.4 is 14.9 Å². The van der Waals surface area contributed by atoms with Gasteiger partial charge in [0, 0.05) is 48.8 Å². The van der Waals surface area contributed by atoms with Gasteiger partial charge in [0.05, 0.1) is 11.0 Å². The molecule has 1 atom stereocenters. The van der Waals surface area contributed by atoms with E-state index in [4.69, 9.17) is 0 Å². The number of likely N-dealkylation sites (N-methyl/N-ethyl adjacent to an activating group) is 1. The number of carbonyl (C=O) groups is 1. The van der Waals surface area contributed by atoms with Gasteiger partial charge in [0.15, 0.2) is 0 Å². The third kappa shape index (κ3) is 6.19. The lowest BCUT2D eigenvalue weighted by Crippen LogP contribution is -2.44. The summed E-state index contributed by atoms with van der Waals surface area (Å²) in [4.78, 5) is 17.4. The maximum absolute atomic E-state index is 12.7. The molecule has 1 saturated heterocycles. The lowest BCUT2D eigenvalue weighted by atomic mass is 10.1. The Morgan fingerprint density at radius 1 is 0.857 bits per heavy atom. The number of carbonyl (C=O) groups excluding carboxylic acids is 1. The summed E-state index contributed by atoms with van der Waals surface area (Å²) in [6.45, 7) is 5.62. The smallest absolute Gasteiger partial charge is 0.261 e. The number of hydrogen-bond donors (Lipinski definition) is 3. The van der Waals surface area contributed by atoms with Crippen molar-refractivity contribution < 1.29 is 18.3 Å². The minimum Gasteiger partial charge on any atom is -0.389 e. The Balaban J connectivity index is 1.36. The zero-order chi connectivity index (χ0) is 25.0. The lowest BCUT2D eigenvalue weighted by Gasteiger charge is -2.34. The third-order valence-corrected chi connectivity index (χ3v) is 7.46. The number of aliphatic hydroxyl groups excluding tert-OH is 1. The van der Waals surface area contributed by atoms with Gasteiger partial charge in [-0.2, -0.15) is 0 Å². The zero-order valence-corrected chi connectivity index (χ0v) is 20.6. The van der Waals surface area contributed by atoms with E-state index in [9.17, 15) is 18.3 Å². The molecule has 1 aliphatic rings. The average Bonchev–Trinajstić information content (AvgIpc) is 2.85. The van der Waals surface area contributed by atoms with Crippen LogP contribution in [0.4, 0.5) is 17.1 Å². The summed E-state index contributed by atoms with van der Waals surface area (Å²) in [5.41, 5.74) is 3.22. The van der Waals surface area contributed by atoms with E-state index in [1.807, 2.05) is 24.3 Å². The van der Waals surface area contributed by atoms with Gasteiger partial charge in [0.2, 0.25) is 0 Å². The van der Waals surface area contributed by atoms with E-state index >= 15 is 0 Å². The van der Waals surface area contributed by atoms with Crippen molar-refractivity contribution in [3.8, 4) is 0 Å². The van der Waals surface area contributed by atoms with Gasteiger partial charge in [-0.3, -0.25) is 9.52 Å². The van der Waals surface area contributed by atoms with E-state index in [0.29, 0.717) is 22.5 Å². The van der Waals surface area contributed by atoms with Gasteiger partial charge in [-0.25, -0.2) is 8.42 Å². The van der Waals surface area contributed by atoms with Crippen molar-refractivity contribution in [1.29, 1.82) is 0 Å². The molecule has 0 saturated carbocycles. The summed E-state index contributed by atoms with van der Waals surface area (Å²) < 4.78 is 27.8. The van der Waals surface area contributed by atoms with Crippen LogP contribution in [0, 0.1) is 0 Å². The summed E-state index contributed by atoms with van der Waals surface area (Å²) in [7, 11) is -1.67. The highest BCUT2D eigenvalue weighted by Gasteiger charge is 2.16. The predicted molar refractivity (Wildman–Crippen MR) is 138 cm³/mol. The second-order valence-corrected chi connectivity index (χ2v) is 10.4. The number of anilines is 3. The molecule has 0 aliphatic carbocycles. The number of amides is 1. The molecule has 1 aliphatic heterocycles. The van der Waals surface area contributed by atoms with Crippen molar-refractivity contribution in [3.05, 3.63) is 83.9 Å². The molecule has 4 rings (SSSR count). The SMILES string of the molecule is C[C@@H](O)c1ccc(S(=O)(=O)Nc2ccc(C(=O)Nc3ccc(N4CCN(C)CC4)cc3)cc2)cc1. The molecule has 1 heterocycles. The van der Waals surface area contributed by atoms with Crippen LogP contribution in [0.3, 0.4) is 0 Å². The highest BCUT2D eigenvalue weighted by atomic mass is 32.2. The first-order chi connectivity index (χ1) is 16.7. The van der Waals surface area contributed by atoms with Crippen molar-refractivity contribution in [3.63, 3.8) is 0 Å². The van der Waals surface area contributed by atoms with E-state index in [2.05, 4.69) is 26.9 Å². The maximum atomic E-state index is 12.7. The fourth-order valence-corrected chi connectivity index (χ4v) is 4.91. The minimum atomic E-state index is -3.79. The highest BCUT2D eigenvalue weighted by Crippen LogP contribution is 2.22. The van der Waals surface area contributed by atoms with Gasteiger partial charge in [-0.15, -0.1) is 0 Å². The Bertz CT molecular complexity index is 1250. The van der Waals surface area contributed by atoms with Crippen LogP contribution in [0.1, 0.15) is 28.9 Å². The Labute approximate surface area is 206 Å². The molecule has 3 aromatic rings. The first kappa shape index (κ1) is 24.7. The number of hydrogen-bond acceptors (Lipinski definition) is 6. The van der Waals surface area contributed by atoms with Crippen LogP contribution >= 0.6 is 0 Å². The number of nitrogens with one attached hydrogen (secondary N) is 2. The molecular formula is C26H30N4O4S. The van der Waals surface area contributed by atoms with Crippen LogP contribution in [0.2, 0.25) is 0 Å². The van der Waals surface area contributed by atoms with Gasteiger partial charge in [0.1, 0.15) is 0 Å². The molecule has 0 radical (unpaired) electrons. The number of piperazine rings is 1. The summed E-state index contributed by atoms with van der Waals surface area (Å²) >= 11 is 0. The molecule has 1 amide bonds. The van der Waals surface area contributed by atoms with Gasteiger partial charge >= 0.3 is 0 Å². The predicted octanol–water partition coefficient (Wildman–Crippen LogP) is 3.54. The van der Waals surface area contributed by atoms with Gasteiger partial charge in [-0.1, -0.05) is 12.1 Å². The number of sulfonamides is 1. The fraction of sp³-hybridized carbons (Fsp3) is 0.269. The van der Waals surface area contributed by atoms with E-state index in [1.54, 1.807) is 43.3 Å². The topological polar surface area (TPSA) is 102 Å². The molecule has 3 N–H and O–H groups in total. The average molecular weight is 495 g/mol. The second kappa shape index (κ2) is 10.5. The lowest BCUT2D eigenvalue weighted by molar-refractivity contribution is 0.102. The fourth-order valence-electron chi connectivity index (χ4n) is 3.85. The van der Waals surface area contributed by atoms with Crippen molar-refractivity contribution in [2.45, 2.75) is 17.9 Å². The van der Waals surface area contributed by atoms with Gasteiger partial charge < -0.3 is 20.2 Å². The Hall–Kier alpha value is -3.40. The van der Waals surface area contributed by atoms with Gasteiger partial charge in [0.25, 0.3) is 15.9 Å². The molecule has 9 heteroatoms. The third-order valence-electron chi connectivity index (χ3n) is 6.07. The largest absolute Gasteiger partial charge is 0.389 e. The molecule has 184 valence electrons. The van der Waals surface area contributed by atoms with E-state index in [0.717, 1.165) is 31.9 Å². The standard InChI is InChI=1S/C26H30N4O4S/c1-19(31)20-5-13-25(14-6-20)35(33,34)28-23-7-3-21(4-8-23)26(32)27-22-9-11-24(12-10-22)30-17-15-29(2)16-18-30/h3-14,19,28,31H,15-18H2,1-2H3,(H,27,32)/t19-/m1/s1. The first-order valence-corrected chi connectivity index (χ1v) is 13.0. The number of nitrogens with zero attached hydrogens (tertiary/aromatic N) is 2. The zero-order valence-electron chi connectivity index (χ0n) is 19.8. The summed E-state index contributed by atoms with van der Waals surface area (Å²) in [6, 6.07) is 20.1. The number of benzene rings is 3. The van der Waals surface area contributed by atoms with Crippen LogP contribution in [0.25, 0.3) is 0 Å². The van der Waals surface area contributed by atoms with Gasteiger partial charge in [-0.05, 0) is 80.2 Å². The van der Waals surface area contributed by atoms with Crippen LogP contribution in [0.15, 0.2) is 77.7 Å². The number of rotatable bonds is 7. The minimum absolute atomic E-state index is 0.0868. The van der Waals surface area contributed by atoms with E-state index in [-0.39, 0.29) is 10.8 Å². The summed E-state index contributed by atoms with van der Waals surface area (Å²) in [5.74, 6) is -0.277. The maximum Gasteiger partial charge on any atom is 0.261 e. The van der Waals surface area contributed by atoms with Crippen LogP contribution in [-0.2, 0) is 10.0 Å². The van der Waals surface area contributed by atoms with Crippen molar-refractivity contribution in [1.82, 2.24) is 4.90 Å². The van der Waals surface area contributed by atoms with Crippen molar-refractivity contribution >= 4 is 33.0 Å². The normalized spacial score (nSPS) is 15.5. The Morgan fingerprint density at radius 3 is 2.00 bits per heavy atom. The quantitative estimate of drug-likeness (QED) is 0.464. The molecule has 0 unspecified atom stereocenters. The number of aliphatic hydroxyl groups is 1. The second-order valence-electron chi connectivity index (χ2n) is 8.72. The molecule has 3 aromatic carbocycles. The van der Waals surface area contributed by atoms with Crippen LogP contribution in [0.5, 0.6) is 0 Å². The molecule has 0 bridgehead atoms. The Morgan fingerprint density at radius 2 is 1.43 bits per heavy atom. The molecular weight excluding hydrogens is 464 g/mol.